The zero-order chi connectivity index (χ0) is 14.8. The third-order valence-corrected chi connectivity index (χ3v) is 4.73. The molecular weight excluding hydrogens is 268 g/mol. The van der Waals surface area contributed by atoms with Crippen molar-refractivity contribution in [3.05, 3.63) is 39.9 Å². The zero-order valence-corrected chi connectivity index (χ0v) is 11.7. The largest absolute Gasteiger partial charge is 0.274 e. The van der Waals surface area contributed by atoms with E-state index in [9.17, 15) is 10.1 Å². The van der Waals surface area contributed by atoms with E-state index in [4.69, 9.17) is 5.26 Å². The molecule has 0 bridgehead atoms. The van der Waals surface area contributed by atoms with Crippen LogP contribution in [0.3, 0.4) is 0 Å². The van der Waals surface area contributed by atoms with E-state index in [-0.39, 0.29) is 22.6 Å². The highest BCUT2D eigenvalue weighted by molar-refractivity contribution is 5.43. The maximum atomic E-state index is 11.3. The molecule has 2 aliphatic rings. The fourth-order valence-electron chi connectivity index (χ4n) is 3.84. The molecule has 1 heterocycles. The lowest BCUT2D eigenvalue weighted by atomic mass is 9.71. The van der Waals surface area contributed by atoms with Gasteiger partial charge in [-0.15, -0.1) is 0 Å². The number of hydrogen-bond donors (Lipinski definition) is 2. The van der Waals surface area contributed by atoms with Gasteiger partial charge in [-0.1, -0.05) is 24.6 Å². The first-order chi connectivity index (χ1) is 10.2. The predicted molar refractivity (Wildman–Crippen MR) is 77.0 cm³/mol. The molecule has 1 aliphatic carbocycles. The minimum Gasteiger partial charge on any atom is -0.258 e. The average molecular weight is 286 g/mol. The quantitative estimate of drug-likeness (QED) is 0.658. The smallest absolute Gasteiger partial charge is 0.258 e. The topological polar surface area (TPSA) is 91.0 Å². The van der Waals surface area contributed by atoms with E-state index in [2.05, 4.69) is 16.9 Å². The summed E-state index contributed by atoms with van der Waals surface area (Å²) in [6, 6.07) is 9.35. The fraction of sp³-hybridized carbons (Fsp3) is 0.533. The summed E-state index contributed by atoms with van der Waals surface area (Å²) in [5.74, 6) is 0.528. The van der Waals surface area contributed by atoms with Gasteiger partial charge in [0.2, 0.25) is 0 Å². The van der Waals surface area contributed by atoms with E-state index in [1.54, 1.807) is 12.1 Å². The number of nitriles is 1. The molecule has 1 aromatic rings. The number of fused-ring (bicyclic) bond motifs is 1. The SMILES string of the molecule is N#CCC1CCCC2NNC(c3ccccc3[N+](=O)[O-])C12. The van der Waals surface area contributed by atoms with Crippen LogP contribution in [-0.2, 0) is 0 Å². The third kappa shape index (κ3) is 2.50. The summed E-state index contributed by atoms with van der Waals surface area (Å²) in [4.78, 5) is 10.9. The summed E-state index contributed by atoms with van der Waals surface area (Å²) in [6.45, 7) is 0. The van der Waals surface area contributed by atoms with Gasteiger partial charge in [-0.25, -0.2) is 5.43 Å². The Morgan fingerprint density at radius 3 is 2.90 bits per heavy atom. The molecule has 3 rings (SSSR count). The lowest BCUT2D eigenvalue weighted by molar-refractivity contribution is -0.385. The highest BCUT2D eigenvalue weighted by atomic mass is 16.6. The van der Waals surface area contributed by atoms with Crippen molar-refractivity contribution in [2.75, 3.05) is 0 Å². The summed E-state index contributed by atoms with van der Waals surface area (Å²) < 4.78 is 0. The number of hydrazine groups is 1. The van der Waals surface area contributed by atoms with Crippen molar-refractivity contribution in [1.82, 2.24) is 10.9 Å². The highest BCUT2D eigenvalue weighted by Gasteiger charge is 2.45. The average Bonchev–Trinajstić information content (AvgIpc) is 2.92. The molecule has 21 heavy (non-hydrogen) atoms. The molecule has 1 aliphatic heterocycles. The standard InChI is InChI=1S/C15H18N4O2/c16-9-8-10-4-3-6-12-14(10)15(18-17-12)11-5-1-2-7-13(11)19(20)21/h1-2,5,7,10,12,14-15,17-18H,3-4,6,8H2. The van der Waals surface area contributed by atoms with Gasteiger partial charge in [0.15, 0.2) is 0 Å². The van der Waals surface area contributed by atoms with E-state index in [1.807, 2.05) is 12.1 Å². The second-order valence-electron chi connectivity index (χ2n) is 5.82. The Balaban J connectivity index is 1.95. The Morgan fingerprint density at radius 1 is 1.33 bits per heavy atom. The second-order valence-corrected chi connectivity index (χ2v) is 5.82. The Morgan fingerprint density at radius 2 is 2.14 bits per heavy atom. The van der Waals surface area contributed by atoms with Crippen LogP contribution in [0, 0.1) is 33.3 Å². The van der Waals surface area contributed by atoms with Gasteiger partial charge in [-0.05, 0) is 18.8 Å². The monoisotopic (exact) mass is 286 g/mol. The van der Waals surface area contributed by atoms with Gasteiger partial charge in [0, 0.05) is 30.0 Å². The Kier molecular flexibility index (Phi) is 3.86. The number of nitrogens with zero attached hydrogens (tertiary/aromatic N) is 2. The van der Waals surface area contributed by atoms with Crippen molar-refractivity contribution in [3.8, 4) is 6.07 Å². The summed E-state index contributed by atoms with van der Waals surface area (Å²) in [6.07, 6.45) is 3.69. The second kappa shape index (κ2) is 5.80. The lowest BCUT2D eigenvalue weighted by Gasteiger charge is -2.34. The lowest BCUT2D eigenvalue weighted by Crippen LogP contribution is -2.36. The molecule has 6 nitrogen and oxygen atoms in total. The van der Waals surface area contributed by atoms with Crippen molar-refractivity contribution in [2.45, 2.75) is 37.8 Å². The maximum absolute atomic E-state index is 11.3. The minimum atomic E-state index is -0.327. The van der Waals surface area contributed by atoms with Gasteiger partial charge in [-0.3, -0.25) is 15.5 Å². The molecule has 1 saturated carbocycles. The summed E-state index contributed by atoms with van der Waals surface area (Å²) in [5, 5.41) is 20.3. The van der Waals surface area contributed by atoms with Gasteiger partial charge in [0.1, 0.15) is 0 Å². The number of nitro groups is 1. The minimum absolute atomic E-state index is 0.102. The fourth-order valence-corrected chi connectivity index (χ4v) is 3.84. The van der Waals surface area contributed by atoms with Crippen molar-refractivity contribution < 1.29 is 4.92 Å². The molecule has 4 atom stereocenters. The molecular formula is C15H18N4O2. The Hall–Kier alpha value is -1.97. The van der Waals surface area contributed by atoms with Crippen LogP contribution in [0.15, 0.2) is 24.3 Å². The molecule has 1 saturated heterocycles. The summed E-state index contributed by atoms with van der Waals surface area (Å²) >= 11 is 0. The normalized spacial score (nSPS) is 31.4. The third-order valence-electron chi connectivity index (χ3n) is 4.73. The number of para-hydroxylation sites is 1. The van der Waals surface area contributed by atoms with Crippen molar-refractivity contribution in [3.63, 3.8) is 0 Å². The Labute approximate surface area is 123 Å². The molecule has 2 N–H and O–H groups in total. The Bertz CT molecular complexity index is 583. The first-order valence-electron chi connectivity index (χ1n) is 7.33. The van der Waals surface area contributed by atoms with Gasteiger partial charge in [0.25, 0.3) is 5.69 Å². The van der Waals surface area contributed by atoms with E-state index < -0.39 is 0 Å². The number of nitro benzene ring substituents is 1. The highest BCUT2D eigenvalue weighted by Crippen LogP contribution is 2.44. The first kappa shape index (κ1) is 14.0. The van der Waals surface area contributed by atoms with Crippen LogP contribution in [0.2, 0.25) is 0 Å². The van der Waals surface area contributed by atoms with Crippen LogP contribution in [0.4, 0.5) is 5.69 Å². The first-order valence-corrected chi connectivity index (χ1v) is 7.33. The van der Waals surface area contributed by atoms with Crippen LogP contribution in [0.5, 0.6) is 0 Å². The molecule has 6 heteroatoms. The molecule has 110 valence electrons. The van der Waals surface area contributed by atoms with Crippen LogP contribution >= 0.6 is 0 Å². The molecule has 4 unspecified atom stereocenters. The van der Waals surface area contributed by atoms with Crippen LogP contribution in [0.1, 0.15) is 37.3 Å². The zero-order valence-electron chi connectivity index (χ0n) is 11.7. The van der Waals surface area contributed by atoms with E-state index in [0.717, 1.165) is 19.3 Å². The maximum Gasteiger partial charge on any atom is 0.274 e. The number of hydrogen-bond acceptors (Lipinski definition) is 5. The van der Waals surface area contributed by atoms with E-state index in [1.165, 1.54) is 0 Å². The summed E-state index contributed by atoms with van der Waals surface area (Å²) in [7, 11) is 0. The van der Waals surface area contributed by atoms with Gasteiger partial charge in [-0.2, -0.15) is 5.26 Å². The molecule has 2 fully saturated rings. The van der Waals surface area contributed by atoms with Gasteiger partial charge < -0.3 is 0 Å². The molecule has 0 radical (unpaired) electrons. The number of rotatable bonds is 3. The van der Waals surface area contributed by atoms with Gasteiger partial charge in [0.05, 0.1) is 17.0 Å². The van der Waals surface area contributed by atoms with Crippen LogP contribution < -0.4 is 10.9 Å². The summed E-state index contributed by atoms with van der Waals surface area (Å²) in [5.41, 5.74) is 7.38. The molecule has 0 amide bonds. The van der Waals surface area contributed by atoms with Crippen molar-refractivity contribution in [1.29, 1.82) is 5.26 Å². The predicted octanol–water partition coefficient (Wildman–Crippen LogP) is 2.44. The number of nitrogens with one attached hydrogen (secondary N) is 2. The van der Waals surface area contributed by atoms with Gasteiger partial charge >= 0.3 is 0 Å². The van der Waals surface area contributed by atoms with Crippen LogP contribution in [-0.4, -0.2) is 11.0 Å². The molecule has 0 aromatic heterocycles. The number of benzene rings is 1. The van der Waals surface area contributed by atoms with E-state index >= 15 is 0 Å². The van der Waals surface area contributed by atoms with Crippen LogP contribution in [0.25, 0.3) is 0 Å². The van der Waals surface area contributed by atoms with Crippen molar-refractivity contribution >= 4 is 5.69 Å². The molecule has 0 spiro atoms. The van der Waals surface area contributed by atoms with E-state index in [0.29, 0.717) is 23.9 Å². The van der Waals surface area contributed by atoms with Crippen molar-refractivity contribution in [2.24, 2.45) is 11.8 Å². The molecule has 1 aromatic carbocycles.